The number of alkyl halides is 3. The summed E-state index contributed by atoms with van der Waals surface area (Å²) < 4.78 is 63.4. The highest BCUT2D eigenvalue weighted by Crippen LogP contribution is 2.35. The summed E-state index contributed by atoms with van der Waals surface area (Å²) in [4.78, 5) is -0.465. The van der Waals surface area contributed by atoms with Crippen LogP contribution in [-0.4, -0.2) is 14.5 Å². The van der Waals surface area contributed by atoms with Crippen LogP contribution in [0.3, 0.4) is 0 Å². The summed E-state index contributed by atoms with van der Waals surface area (Å²) in [5.41, 5.74) is -1.17. The van der Waals surface area contributed by atoms with Gasteiger partial charge >= 0.3 is 6.18 Å². The maximum Gasteiger partial charge on any atom is 0.417 e. The Balaban J connectivity index is 3.30. The van der Waals surface area contributed by atoms with Crippen molar-refractivity contribution in [2.45, 2.75) is 31.0 Å². The number of rotatable bonds is 3. The molecule has 0 saturated carbocycles. The molecule has 3 nitrogen and oxygen atoms in total. The molecule has 1 aromatic rings. The zero-order valence-corrected chi connectivity index (χ0v) is 11.1. The van der Waals surface area contributed by atoms with Crippen LogP contribution in [-0.2, 0) is 16.2 Å². The van der Waals surface area contributed by atoms with Gasteiger partial charge in [-0.2, -0.15) is 13.2 Å². The molecule has 1 rings (SSSR count). The highest BCUT2D eigenvalue weighted by Gasteiger charge is 2.34. The van der Waals surface area contributed by atoms with Crippen LogP contribution in [0.5, 0.6) is 0 Å². The Bertz CT molecular complexity index is 541. The largest absolute Gasteiger partial charge is 0.417 e. The predicted octanol–water partition coefficient (Wildman–Crippen LogP) is 3.05. The topological polar surface area (TPSA) is 46.2 Å². The summed E-state index contributed by atoms with van der Waals surface area (Å²) in [5, 5.41) is -0.536. The highest BCUT2D eigenvalue weighted by molar-refractivity contribution is 7.89. The Morgan fingerprint density at radius 3 is 2.28 bits per heavy atom. The summed E-state index contributed by atoms with van der Waals surface area (Å²) in [7, 11) is -3.97. The first-order chi connectivity index (χ1) is 8.04. The van der Waals surface area contributed by atoms with Crippen LogP contribution in [0.1, 0.15) is 19.4 Å². The van der Waals surface area contributed by atoms with Crippen molar-refractivity contribution in [2.24, 2.45) is 0 Å². The van der Waals surface area contributed by atoms with E-state index in [1.165, 1.54) is 0 Å². The standard InChI is InChI=1S/C10H11ClF3NO2S/c1-6(2)15-18(16,17)7-3-4-9(11)8(5-7)10(12,13)14/h3-6,15H,1-2H3. The quantitative estimate of drug-likeness (QED) is 0.932. The Labute approximate surface area is 108 Å². The van der Waals surface area contributed by atoms with E-state index >= 15 is 0 Å². The van der Waals surface area contributed by atoms with E-state index in [9.17, 15) is 21.6 Å². The molecule has 8 heteroatoms. The summed E-state index contributed by atoms with van der Waals surface area (Å²) in [6.07, 6.45) is -4.69. The van der Waals surface area contributed by atoms with Gasteiger partial charge < -0.3 is 0 Å². The van der Waals surface area contributed by atoms with Gasteiger partial charge in [-0.15, -0.1) is 0 Å². The lowest BCUT2D eigenvalue weighted by Crippen LogP contribution is -2.30. The molecule has 0 saturated heterocycles. The van der Waals surface area contributed by atoms with Crippen LogP contribution < -0.4 is 4.72 Å². The van der Waals surface area contributed by atoms with E-state index in [-0.39, 0.29) is 0 Å². The summed E-state index contributed by atoms with van der Waals surface area (Å²) in [6.45, 7) is 3.14. The average molecular weight is 302 g/mol. The fourth-order valence-electron chi connectivity index (χ4n) is 1.27. The summed E-state index contributed by atoms with van der Waals surface area (Å²) >= 11 is 5.40. The maximum absolute atomic E-state index is 12.6. The van der Waals surface area contributed by atoms with Crippen molar-refractivity contribution in [3.63, 3.8) is 0 Å². The number of benzene rings is 1. The van der Waals surface area contributed by atoms with Crippen molar-refractivity contribution >= 4 is 21.6 Å². The SMILES string of the molecule is CC(C)NS(=O)(=O)c1ccc(Cl)c(C(F)(F)F)c1. The summed E-state index contributed by atoms with van der Waals surface area (Å²) in [6, 6.07) is 2.05. The molecule has 0 aromatic heterocycles. The lowest BCUT2D eigenvalue weighted by Gasteiger charge is -2.13. The lowest BCUT2D eigenvalue weighted by atomic mass is 10.2. The third-order valence-corrected chi connectivity index (χ3v) is 3.93. The second-order valence-electron chi connectivity index (χ2n) is 3.92. The molecule has 0 atom stereocenters. The first-order valence-corrected chi connectivity index (χ1v) is 6.79. The first kappa shape index (κ1) is 15.3. The van der Waals surface area contributed by atoms with Gasteiger partial charge in [-0.3, -0.25) is 0 Å². The molecule has 0 fully saturated rings. The third-order valence-electron chi connectivity index (χ3n) is 1.94. The van der Waals surface area contributed by atoms with Crippen molar-refractivity contribution in [2.75, 3.05) is 0 Å². The van der Waals surface area contributed by atoms with Crippen LogP contribution in [0.25, 0.3) is 0 Å². The van der Waals surface area contributed by atoms with Gasteiger partial charge in [0.05, 0.1) is 15.5 Å². The zero-order chi connectivity index (χ0) is 14.1. The molecular formula is C10H11ClF3NO2S. The Hall–Kier alpha value is -0.790. The van der Waals surface area contributed by atoms with Gasteiger partial charge in [0, 0.05) is 6.04 Å². The van der Waals surface area contributed by atoms with Gasteiger partial charge in [0.1, 0.15) is 0 Å². The Kier molecular flexibility index (Phi) is 4.30. The molecule has 18 heavy (non-hydrogen) atoms. The first-order valence-electron chi connectivity index (χ1n) is 4.93. The van der Waals surface area contributed by atoms with E-state index in [1.807, 2.05) is 0 Å². The van der Waals surface area contributed by atoms with Gasteiger partial charge in [0.25, 0.3) is 0 Å². The highest BCUT2D eigenvalue weighted by atomic mass is 35.5. The molecule has 0 heterocycles. The molecule has 1 N–H and O–H groups in total. The van der Waals surface area contributed by atoms with Crippen LogP contribution >= 0.6 is 11.6 Å². The minimum Gasteiger partial charge on any atom is -0.209 e. The van der Waals surface area contributed by atoms with Crippen LogP contribution in [0.2, 0.25) is 5.02 Å². The normalized spacial score (nSPS) is 13.1. The third kappa shape index (κ3) is 3.60. The molecule has 0 aliphatic carbocycles. The molecular weight excluding hydrogens is 291 g/mol. The Morgan fingerprint density at radius 1 is 1.28 bits per heavy atom. The van der Waals surface area contributed by atoms with Gasteiger partial charge in [-0.25, -0.2) is 13.1 Å². The van der Waals surface area contributed by atoms with Crippen molar-refractivity contribution in [3.8, 4) is 0 Å². The van der Waals surface area contributed by atoms with Crippen molar-refractivity contribution < 1.29 is 21.6 Å². The van der Waals surface area contributed by atoms with Gasteiger partial charge in [0.2, 0.25) is 10.0 Å². The van der Waals surface area contributed by atoms with E-state index in [1.54, 1.807) is 13.8 Å². The van der Waals surface area contributed by atoms with E-state index in [2.05, 4.69) is 4.72 Å². The molecule has 0 amide bonds. The number of halogens is 4. The van der Waals surface area contributed by atoms with E-state index in [0.29, 0.717) is 6.07 Å². The number of hydrogen-bond acceptors (Lipinski definition) is 2. The van der Waals surface area contributed by atoms with E-state index in [0.717, 1.165) is 12.1 Å². The molecule has 0 aliphatic rings. The predicted molar refractivity (Wildman–Crippen MR) is 61.9 cm³/mol. The summed E-state index contributed by atoms with van der Waals surface area (Å²) in [5.74, 6) is 0. The number of hydrogen-bond donors (Lipinski definition) is 1. The van der Waals surface area contributed by atoms with Crippen molar-refractivity contribution in [3.05, 3.63) is 28.8 Å². The lowest BCUT2D eigenvalue weighted by molar-refractivity contribution is -0.137. The van der Waals surface area contributed by atoms with Gasteiger partial charge in [-0.05, 0) is 32.0 Å². The minimum atomic E-state index is -4.69. The average Bonchev–Trinajstić information content (AvgIpc) is 2.13. The minimum absolute atomic E-state index is 0.417. The van der Waals surface area contributed by atoms with Crippen molar-refractivity contribution in [1.29, 1.82) is 0 Å². The van der Waals surface area contributed by atoms with E-state index < -0.39 is 37.7 Å². The van der Waals surface area contributed by atoms with Crippen molar-refractivity contribution in [1.82, 2.24) is 4.72 Å². The van der Waals surface area contributed by atoms with Crippen LogP contribution in [0.4, 0.5) is 13.2 Å². The molecule has 102 valence electrons. The molecule has 0 unspecified atom stereocenters. The molecule has 0 aliphatic heterocycles. The Morgan fingerprint density at radius 2 is 1.83 bits per heavy atom. The molecule has 1 aromatic carbocycles. The molecule has 0 spiro atoms. The monoisotopic (exact) mass is 301 g/mol. The fourth-order valence-corrected chi connectivity index (χ4v) is 2.77. The molecule has 0 bridgehead atoms. The van der Waals surface area contributed by atoms with Crippen LogP contribution in [0.15, 0.2) is 23.1 Å². The van der Waals surface area contributed by atoms with Gasteiger partial charge in [-0.1, -0.05) is 11.6 Å². The number of sulfonamides is 1. The van der Waals surface area contributed by atoms with E-state index in [4.69, 9.17) is 11.6 Å². The fraction of sp³-hybridized carbons (Fsp3) is 0.400. The van der Waals surface area contributed by atoms with Crippen LogP contribution in [0, 0.1) is 0 Å². The zero-order valence-electron chi connectivity index (χ0n) is 9.55. The second-order valence-corrected chi connectivity index (χ2v) is 6.04. The maximum atomic E-state index is 12.6. The number of nitrogens with one attached hydrogen (secondary N) is 1. The molecule has 0 radical (unpaired) electrons. The smallest absolute Gasteiger partial charge is 0.209 e. The van der Waals surface area contributed by atoms with Gasteiger partial charge in [0.15, 0.2) is 0 Å². The second kappa shape index (κ2) is 5.07.